The summed E-state index contributed by atoms with van der Waals surface area (Å²) in [5, 5.41) is 12.3. The lowest BCUT2D eigenvalue weighted by Gasteiger charge is -2.39. The third-order valence-corrected chi connectivity index (χ3v) is 4.67. The molecule has 1 aliphatic carbocycles. The summed E-state index contributed by atoms with van der Waals surface area (Å²) >= 11 is 5.92. The molecule has 0 aromatic carbocycles. The van der Waals surface area contributed by atoms with Gasteiger partial charge in [-0.25, -0.2) is 9.78 Å². The van der Waals surface area contributed by atoms with Crippen molar-refractivity contribution in [2.75, 3.05) is 6.54 Å². The number of nitrogens with zero attached hydrogens (tertiary/aromatic N) is 3. The molecule has 0 bridgehead atoms. The molecule has 122 valence electrons. The zero-order valence-electron chi connectivity index (χ0n) is 12.5. The van der Waals surface area contributed by atoms with Gasteiger partial charge in [0.2, 0.25) is 5.28 Å². The Kier molecular flexibility index (Phi) is 4.21. The summed E-state index contributed by atoms with van der Waals surface area (Å²) in [6, 6.07) is 1.72. The number of hydrogen-bond acceptors (Lipinski definition) is 4. The van der Waals surface area contributed by atoms with Crippen molar-refractivity contribution in [3.8, 4) is 0 Å². The standard InChI is InChI=1S/C15H17ClN4O3/c16-13-17-7-10-6-11(8-21)20(12(10)19-13)15(9-18-14(22)23)4-2-1-3-5-15/h6-8,18H,1-5,9H2,(H,22,23). The van der Waals surface area contributed by atoms with Crippen molar-refractivity contribution in [3.05, 3.63) is 23.2 Å². The number of aromatic nitrogens is 3. The fraction of sp³-hybridized carbons (Fsp3) is 0.467. The smallest absolute Gasteiger partial charge is 0.404 e. The number of hydrogen-bond donors (Lipinski definition) is 2. The second-order valence-corrected chi connectivity index (χ2v) is 6.22. The van der Waals surface area contributed by atoms with E-state index < -0.39 is 11.6 Å². The Hall–Kier alpha value is -2.15. The van der Waals surface area contributed by atoms with Gasteiger partial charge in [-0.3, -0.25) is 4.79 Å². The van der Waals surface area contributed by atoms with Gasteiger partial charge in [0.1, 0.15) is 5.65 Å². The van der Waals surface area contributed by atoms with Crippen LogP contribution in [0.15, 0.2) is 12.3 Å². The van der Waals surface area contributed by atoms with E-state index in [0.717, 1.165) is 43.8 Å². The number of amides is 1. The summed E-state index contributed by atoms with van der Waals surface area (Å²) in [7, 11) is 0. The minimum atomic E-state index is -1.08. The molecule has 7 nitrogen and oxygen atoms in total. The van der Waals surface area contributed by atoms with Crippen molar-refractivity contribution in [1.29, 1.82) is 0 Å². The Morgan fingerprint density at radius 2 is 2.17 bits per heavy atom. The quantitative estimate of drug-likeness (QED) is 0.661. The molecule has 1 fully saturated rings. The number of aldehydes is 1. The molecule has 2 aromatic heterocycles. The predicted molar refractivity (Wildman–Crippen MR) is 85.0 cm³/mol. The van der Waals surface area contributed by atoms with Crippen LogP contribution in [-0.4, -0.2) is 38.6 Å². The highest BCUT2D eigenvalue weighted by molar-refractivity contribution is 6.28. The molecule has 0 atom stereocenters. The monoisotopic (exact) mass is 336 g/mol. The lowest BCUT2D eigenvalue weighted by atomic mass is 9.81. The molecular formula is C15H17ClN4O3. The lowest BCUT2D eigenvalue weighted by molar-refractivity contribution is 0.109. The summed E-state index contributed by atoms with van der Waals surface area (Å²) < 4.78 is 1.85. The van der Waals surface area contributed by atoms with Gasteiger partial charge >= 0.3 is 6.09 Å². The Bertz CT molecular complexity index is 753. The second-order valence-electron chi connectivity index (χ2n) is 5.88. The van der Waals surface area contributed by atoms with Gasteiger partial charge in [0.25, 0.3) is 0 Å². The fourth-order valence-corrected chi connectivity index (χ4v) is 3.63. The van der Waals surface area contributed by atoms with Crippen LogP contribution in [0.3, 0.4) is 0 Å². The first-order valence-electron chi connectivity index (χ1n) is 7.52. The minimum absolute atomic E-state index is 0.103. The highest BCUT2D eigenvalue weighted by Crippen LogP contribution is 2.38. The molecule has 0 aliphatic heterocycles. The van der Waals surface area contributed by atoms with Gasteiger partial charge in [0.15, 0.2) is 6.29 Å². The number of carbonyl (C=O) groups excluding carboxylic acids is 1. The SMILES string of the molecule is O=Cc1cc2cnc(Cl)nc2n1C1(CNC(=O)O)CCCCC1. The Morgan fingerprint density at radius 1 is 1.43 bits per heavy atom. The van der Waals surface area contributed by atoms with Crippen LogP contribution in [0, 0.1) is 0 Å². The molecular weight excluding hydrogens is 320 g/mol. The zero-order chi connectivity index (χ0) is 16.4. The van der Waals surface area contributed by atoms with E-state index in [-0.39, 0.29) is 11.8 Å². The fourth-order valence-electron chi connectivity index (χ4n) is 3.50. The van der Waals surface area contributed by atoms with E-state index in [2.05, 4.69) is 15.3 Å². The third kappa shape index (κ3) is 2.88. The third-order valence-electron chi connectivity index (χ3n) is 4.49. The van der Waals surface area contributed by atoms with Gasteiger partial charge < -0.3 is 15.0 Å². The topological polar surface area (TPSA) is 97.1 Å². The molecule has 1 amide bonds. The highest BCUT2D eigenvalue weighted by atomic mass is 35.5. The summed E-state index contributed by atoms with van der Waals surface area (Å²) in [4.78, 5) is 30.8. The number of halogens is 1. The van der Waals surface area contributed by atoms with E-state index in [1.165, 1.54) is 0 Å². The summed E-state index contributed by atoms with van der Waals surface area (Å²) in [5.41, 5.74) is 0.526. The van der Waals surface area contributed by atoms with E-state index in [0.29, 0.717) is 11.3 Å². The number of carbonyl (C=O) groups is 2. The van der Waals surface area contributed by atoms with Crippen LogP contribution in [0.1, 0.15) is 42.6 Å². The van der Waals surface area contributed by atoms with Crippen LogP contribution in [0.25, 0.3) is 11.0 Å². The largest absolute Gasteiger partial charge is 0.465 e. The van der Waals surface area contributed by atoms with Crippen LogP contribution < -0.4 is 5.32 Å². The van der Waals surface area contributed by atoms with Gasteiger partial charge in [-0.15, -0.1) is 0 Å². The molecule has 23 heavy (non-hydrogen) atoms. The maximum absolute atomic E-state index is 11.6. The summed E-state index contributed by atoms with van der Waals surface area (Å²) in [6.45, 7) is 0.231. The molecule has 2 aromatic rings. The van der Waals surface area contributed by atoms with Crippen LogP contribution in [0.5, 0.6) is 0 Å². The van der Waals surface area contributed by atoms with Crippen molar-refractivity contribution in [1.82, 2.24) is 19.9 Å². The van der Waals surface area contributed by atoms with Crippen molar-refractivity contribution < 1.29 is 14.7 Å². The molecule has 0 radical (unpaired) electrons. The molecule has 0 unspecified atom stereocenters. The Balaban J connectivity index is 2.17. The van der Waals surface area contributed by atoms with E-state index in [1.54, 1.807) is 12.3 Å². The Morgan fingerprint density at radius 3 is 2.83 bits per heavy atom. The van der Waals surface area contributed by atoms with Crippen LogP contribution in [0.2, 0.25) is 5.28 Å². The minimum Gasteiger partial charge on any atom is -0.465 e. The molecule has 1 aliphatic rings. The normalized spacial score (nSPS) is 17.1. The van der Waals surface area contributed by atoms with Gasteiger partial charge in [0.05, 0.1) is 11.2 Å². The molecule has 3 rings (SSSR count). The average molecular weight is 337 g/mol. The summed E-state index contributed by atoms with van der Waals surface area (Å²) in [6.07, 6.45) is 5.86. The number of nitrogens with one attached hydrogen (secondary N) is 1. The molecule has 8 heteroatoms. The van der Waals surface area contributed by atoms with Gasteiger partial charge in [-0.05, 0) is 30.5 Å². The summed E-state index contributed by atoms with van der Waals surface area (Å²) in [5.74, 6) is 0. The second kappa shape index (κ2) is 6.16. The number of rotatable bonds is 4. The predicted octanol–water partition coefficient (Wildman–Crippen LogP) is 2.82. The van der Waals surface area contributed by atoms with Crippen LogP contribution >= 0.6 is 11.6 Å². The maximum atomic E-state index is 11.6. The average Bonchev–Trinajstić information content (AvgIpc) is 2.92. The molecule has 1 saturated carbocycles. The molecule has 0 saturated heterocycles. The zero-order valence-corrected chi connectivity index (χ0v) is 13.2. The Labute approximate surface area is 137 Å². The van der Waals surface area contributed by atoms with E-state index in [9.17, 15) is 9.59 Å². The van der Waals surface area contributed by atoms with Crippen molar-refractivity contribution in [3.63, 3.8) is 0 Å². The first kappa shape index (κ1) is 15.7. The molecule has 2 N–H and O–H groups in total. The molecule has 0 spiro atoms. The highest BCUT2D eigenvalue weighted by Gasteiger charge is 2.37. The van der Waals surface area contributed by atoms with Gasteiger partial charge in [-0.1, -0.05) is 19.3 Å². The number of carboxylic acid groups (broad SMARTS) is 1. The van der Waals surface area contributed by atoms with E-state index in [4.69, 9.17) is 16.7 Å². The van der Waals surface area contributed by atoms with E-state index in [1.807, 2.05) is 4.57 Å². The van der Waals surface area contributed by atoms with E-state index >= 15 is 0 Å². The van der Waals surface area contributed by atoms with Crippen LogP contribution in [0.4, 0.5) is 4.79 Å². The number of fused-ring (bicyclic) bond motifs is 1. The molecule has 2 heterocycles. The lowest BCUT2D eigenvalue weighted by Crippen LogP contribution is -2.47. The van der Waals surface area contributed by atoms with Gasteiger partial charge in [0, 0.05) is 18.1 Å². The van der Waals surface area contributed by atoms with Crippen molar-refractivity contribution in [2.24, 2.45) is 0 Å². The van der Waals surface area contributed by atoms with Crippen LogP contribution in [-0.2, 0) is 5.54 Å². The first-order valence-corrected chi connectivity index (χ1v) is 7.90. The van der Waals surface area contributed by atoms with Crippen molar-refractivity contribution in [2.45, 2.75) is 37.6 Å². The van der Waals surface area contributed by atoms with Gasteiger partial charge in [-0.2, -0.15) is 4.98 Å². The van der Waals surface area contributed by atoms with Crippen molar-refractivity contribution >= 4 is 35.0 Å². The first-order chi connectivity index (χ1) is 11.1. The maximum Gasteiger partial charge on any atom is 0.404 e.